The van der Waals surface area contributed by atoms with E-state index in [2.05, 4.69) is 5.16 Å². The molecule has 2 aromatic carbocycles. The fourth-order valence-corrected chi connectivity index (χ4v) is 3.18. The van der Waals surface area contributed by atoms with Crippen molar-refractivity contribution in [2.24, 2.45) is 5.16 Å². The normalized spacial score (nSPS) is 21.9. The van der Waals surface area contributed by atoms with Gasteiger partial charge in [-0.2, -0.15) is 0 Å². The van der Waals surface area contributed by atoms with Crippen molar-refractivity contribution in [3.8, 4) is 11.5 Å². The van der Waals surface area contributed by atoms with Crippen LogP contribution in [0.4, 0.5) is 0 Å². The van der Waals surface area contributed by atoms with Gasteiger partial charge < -0.3 is 19.0 Å². The minimum atomic E-state index is -0.277. The van der Waals surface area contributed by atoms with E-state index in [9.17, 15) is 0 Å². The predicted octanol–water partition coefficient (Wildman–Crippen LogP) is 3.56. The number of benzene rings is 2. The fraction of sp³-hybridized carbons (Fsp3) is 0.350. The Balaban J connectivity index is 1.52. The van der Waals surface area contributed by atoms with E-state index in [1.54, 1.807) is 7.11 Å². The van der Waals surface area contributed by atoms with E-state index in [4.69, 9.17) is 19.0 Å². The van der Waals surface area contributed by atoms with Crippen molar-refractivity contribution >= 4 is 5.71 Å². The van der Waals surface area contributed by atoms with Gasteiger partial charge in [0.25, 0.3) is 0 Å². The zero-order valence-corrected chi connectivity index (χ0v) is 14.2. The first-order valence-electron chi connectivity index (χ1n) is 8.46. The molecule has 0 N–H and O–H groups in total. The Morgan fingerprint density at radius 3 is 2.76 bits per heavy atom. The summed E-state index contributed by atoms with van der Waals surface area (Å²) in [5.74, 6) is 1.41. The molecule has 1 spiro atoms. The second-order valence-electron chi connectivity index (χ2n) is 6.43. The van der Waals surface area contributed by atoms with Crippen LogP contribution in [-0.2, 0) is 16.2 Å². The van der Waals surface area contributed by atoms with Crippen LogP contribution in [0.1, 0.15) is 24.0 Å². The summed E-state index contributed by atoms with van der Waals surface area (Å²) in [6.45, 7) is 1.83. The van der Waals surface area contributed by atoms with Gasteiger partial charge in [-0.3, -0.25) is 0 Å². The molecule has 0 saturated carbocycles. The van der Waals surface area contributed by atoms with E-state index in [0.717, 1.165) is 36.3 Å². The second-order valence-corrected chi connectivity index (χ2v) is 6.43. The Kier molecular flexibility index (Phi) is 4.32. The lowest BCUT2D eigenvalue weighted by molar-refractivity contribution is -0.0237. The van der Waals surface area contributed by atoms with Gasteiger partial charge in [-0.25, -0.2) is 0 Å². The Labute approximate surface area is 147 Å². The van der Waals surface area contributed by atoms with Crippen LogP contribution >= 0.6 is 0 Å². The van der Waals surface area contributed by atoms with Crippen LogP contribution in [0.5, 0.6) is 11.5 Å². The zero-order chi connectivity index (χ0) is 17.1. The van der Waals surface area contributed by atoms with Crippen molar-refractivity contribution in [1.29, 1.82) is 0 Å². The minimum absolute atomic E-state index is 0.277. The summed E-state index contributed by atoms with van der Waals surface area (Å²) in [5.41, 5.74) is 2.75. The molecule has 130 valence electrons. The maximum atomic E-state index is 5.99. The highest BCUT2D eigenvalue weighted by Gasteiger charge is 2.43. The van der Waals surface area contributed by atoms with Gasteiger partial charge in [0.15, 0.2) is 17.1 Å². The van der Waals surface area contributed by atoms with Crippen molar-refractivity contribution in [3.63, 3.8) is 0 Å². The first-order valence-corrected chi connectivity index (χ1v) is 8.46. The third kappa shape index (κ3) is 3.33. The molecule has 1 saturated heterocycles. The molecular formula is C20H21NO4. The second kappa shape index (κ2) is 6.76. The van der Waals surface area contributed by atoms with Crippen molar-refractivity contribution < 1.29 is 19.0 Å². The van der Waals surface area contributed by atoms with E-state index in [1.807, 2.05) is 48.5 Å². The summed E-state index contributed by atoms with van der Waals surface area (Å²) in [6.07, 6.45) is 1.64. The molecule has 0 bridgehead atoms. The number of rotatable bonds is 5. The monoisotopic (exact) mass is 339 g/mol. The van der Waals surface area contributed by atoms with Crippen LogP contribution in [0.15, 0.2) is 53.7 Å². The molecule has 0 aliphatic carbocycles. The number of hydrogen-bond donors (Lipinski definition) is 0. The molecule has 1 fully saturated rings. The third-order valence-electron chi connectivity index (χ3n) is 4.64. The van der Waals surface area contributed by atoms with Crippen LogP contribution in [0, 0.1) is 0 Å². The Morgan fingerprint density at radius 1 is 1.12 bits per heavy atom. The predicted molar refractivity (Wildman–Crippen MR) is 94.2 cm³/mol. The summed E-state index contributed by atoms with van der Waals surface area (Å²) >= 11 is 0. The van der Waals surface area contributed by atoms with Gasteiger partial charge in [0, 0.05) is 18.4 Å². The molecule has 5 heteroatoms. The molecule has 2 heterocycles. The van der Waals surface area contributed by atoms with Gasteiger partial charge in [-0.15, -0.1) is 0 Å². The molecule has 1 atom stereocenters. The van der Waals surface area contributed by atoms with Gasteiger partial charge in [0.2, 0.25) is 0 Å². The number of hydrogen-bond acceptors (Lipinski definition) is 5. The largest absolute Gasteiger partial charge is 0.493 e. The molecule has 25 heavy (non-hydrogen) atoms. The molecular weight excluding hydrogens is 318 g/mol. The van der Waals surface area contributed by atoms with Crippen LogP contribution in [-0.4, -0.2) is 31.6 Å². The number of oxime groups is 1. The van der Waals surface area contributed by atoms with Gasteiger partial charge in [0.05, 0.1) is 26.0 Å². The van der Waals surface area contributed by atoms with Gasteiger partial charge in [0.1, 0.15) is 6.61 Å². The van der Waals surface area contributed by atoms with Crippen molar-refractivity contribution in [1.82, 2.24) is 0 Å². The van der Waals surface area contributed by atoms with Gasteiger partial charge in [-0.05, 0) is 23.8 Å². The molecule has 0 amide bonds. The first kappa shape index (κ1) is 16.0. The summed E-state index contributed by atoms with van der Waals surface area (Å²) in [6, 6.07) is 15.9. The Morgan fingerprint density at radius 2 is 2.00 bits per heavy atom. The van der Waals surface area contributed by atoms with Crippen molar-refractivity contribution in [2.75, 3.05) is 20.3 Å². The zero-order valence-electron chi connectivity index (χ0n) is 14.2. The van der Waals surface area contributed by atoms with Gasteiger partial charge in [-0.1, -0.05) is 35.5 Å². The SMILES string of the molecule is COc1ccc(C2=NOC3(CCOC3)C2)cc1OCc1ccccc1. The maximum Gasteiger partial charge on any atom is 0.168 e. The average Bonchev–Trinajstić information content (AvgIpc) is 3.31. The van der Waals surface area contributed by atoms with Crippen molar-refractivity contribution in [2.45, 2.75) is 25.0 Å². The Hall–Kier alpha value is -2.53. The summed E-state index contributed by atoms with van der Waals surface area (Å²) < 4.78 is 16.9. The summed E-state index contributed by atoms with van der Waals surface area (Å²) in [4.78, 5) is 5.69. The average molecular weight is 339 g/mol. The van der Waals surface area contributed by atoms with E-state index >= 15 is 0 Å². The van der Waals surface area contributed by atoms with E-state index in [-0.39, 0.29) is 5.60 Å². The van der Waals surface area contributed by atoms with E-state index in [0.29, 0.717) is 24.7 Å². The van der Waals surface area contributed by atoms with E-state index in [1.165, 1.54) is 0 Å². The molecule has 2 aliphatic heterocycles. The lowest BCUT2D eigenvalue weighted by atomic mass is 9.93. The van der Waals surface area contributed by atoms with Crippen LogP contribution in [0.25, 0.3) is 0 Å². The molecule has 2 aromatic rings. The van der Waals surface area contributed by atoms with Crippen LogP contribution < -0.4 is 9.47 Å². The highest BCUT2D eigenvalue weighted by atomic mass is 16.7. The lowest BCUT2D eigenvalue weighted by Crippen LogP contribution is -2.29. The van der Waals surface area contributed by atoms with Crippen LogP contribution in [0.3, 0.4) is 0 Å². The minimum Gasteiger partial charge on any atom is -0.493 e. The smallest absolute Gasteiger partial charge is 0.168 e. The topological polar surface area (TPSA) is 49.3 Å². The first-order chi connectivity index (χ1) is 12.3. The lowest BCUT2D eigenvalue weighted by Gasteiger charge is -2.17. The van der Waals surface area contributed by atoms with E-state index < -0.39 is 0 Å². The molecule has 4 rings (SSSR count). The maximum absolute atomic E-state index is 5.99. The molecule has 0 radical (unpaired) electrons. The summed E-state index contributed by atoms with van der Waals surface area (Å²) in [7, 11) is 1.64. The quantitative estimate of drug-likeness (QED) is 0.836. The molecule has 5 nitrogen and oxygen atoms in total. The molecule has 1 unspecified atom stereocenters. The fourth-order valence-electron chi connectivity index (χ4n) is 3.18. The summed E-state index contributed by atoms with van der Waals surface area (Å²) in [5, 5.41) is 4.30. The third-order valence-corrected chi connectivity index (χ3v) is 4.64. The molecule has 2 aliphatic rings. The van der Waals surface area contributed by atoms with Crippen LogP contribution in [0.2, 0.25) is 0 Å². The number of ether oxygens (including phenoxy) is 3. The number of nitrogens with zero attached hydrogens (tertiary/aromatic N) is 1. The standard InChI is InChI=1S/C20H21NO4/c1-22-18-8-7-16(17-12-20(25-21-17)9-10-23-14-20)11-19(18)24-13-15-5-3-2-4-6-15/h2-8,11H,9-10,12-14H2,1H3. The van der Waals surface area contributed by atoms with Gasteiger partial charge >= 0.3 is 0 Å². The number of methoxy groups -OCH3 is 1. The highest BCUT2D eigenvalue weighted by Crippen LogP contribution is 2.36. The Bertz CT molecular complexity index is 767. The highest BCUT2D eigenvalue weighted by molar-refractivity contribution is 6.02. The van der Waals surface area contributed by atoms with Crippen molar-refractivity contribution in [3.05, 3.63) is 59.7 Å². The molecule has 0 aromatic heterocycles.